The van der Waals surface area contributed by atoms with Crippen LogP contribution >= 0.6 is 11.6 Å². The number of amides is 1. The number of hydrogen-bond donors (Lipinski definition) is 3. The van der Waals surface area contributed by atoms with Crippen molar-refractivity contribution in [3.63, 3.8) is 0 Å². The lowest BCUT2D eigenvalue weighted by molar-refractivity contribution is -0.148. The molecule has 92 valence electrons. The number of carbonyl (C=O) groups is 3. The Bertz CT molecular complexity index is 269. The fourth-order valence-electron chi connectivity index (χ4n) is 1.01. The average Bonchev–Trinajstić information content (AvgIpc) is 2.20. The van der Waals surface area contributed by atoms with Crippen molar-refractivity contribution in [2.24, 2.45) is 5.92 Å². The van der Waals surface area contributed by atoms with Crippen LogP contribution in [-0.4, -0.2) is 40.5 Å². The molecule has 7 heteroatoms. The number of aliphatic carboxylic acids is 2. The Morgan fingerprint density at radius 2 is 1.88 bits per heavy atom. The lowest BCUT2D eigenvalue weighted by atomic mass is 10.1. The van der Waals surface area contributed by atoms with Crippen LogP contribution in [0.15, 0.2) is 0 Å². The molecule has 1 amide bonds. The molecule has 6 nitrogen and oxygen atoms in total. The van der Waals surface area contributed by atoms with Gasteiger partial charge < -0.3 is 15.5 Å². The average molecular weight is 252 g/mol. The van der Waals surface area contributed by atoms with Gasteiger partial charge in [0.2, 0.25) is 5.91 Å². The number of rotatable bonds is 8. The molecule has 0 spiro atoms. The van der Waals surface area contributed by atoms with E-state index in [2.05, 4.69) is 5.32 Å². The number of carbonyl (C=O) groups excluding carboxylic acids is 1. The quantitative estimate of drug-likeness (QED) is 0.538. The topological polar surface area (TPSA) is 104 Å². The second kappa shape index (κ2) is 7.92. The Labute approximate surface area is 97.6 Å². The van der Waals surface area contributed by atoms with E-state index in [1.807, 2.05) is 0 Å². The van der Waals surface area contributed by atoms with Gasteiger partial charge in [-0.1, -0.05) is 0 Å². The van der Waals surface area contributed by atoms with Gasteiger partial charge in [0, 0.05) is 18.8 Å². The summed E-state index contributed by atoms with van der Waals surface area (Å²) in [5.74, 6) is -3.51. The zero-order valence-electron chi connectivity index (χ0n) is 8.61. The second-order valence-electron chi connectivity index (χ2n) is 3.23. The fraction of sp³-hybridized carbons (Fsp3) is 0.667. The summed E-state index contributed by atoms with van der Waals surface area (Å²) in [6.07, 6.45) is 0.206. The van der Waals surface area contributed by atoms with Crippen molar-refractivity contribution in [1.29, 1.82) is 0 Å². The van der Waals surface area contributed by atoms with Crippen molar-refractivity contribution >= 4 is 29.4 Å². The highest BCUT2D eigenvalue weighted by molar-refractivity contribution is 6.17. The van der Waals surface area contributed by atoms with E-state index in [9.17, 15) is 14.4 Å². The molecule has 0 aromatic heterocycles. The molecule has 0 saturated carbocycles. The first-order chi connectivity index (χ1) is 7.47. The molecule has 0 aliphatic heterocycles. The maximum Gasteiger partial charge on any atom is 0.308 e. The zero-order chi connectivity index (χ0) is 12.6. The maximum atomic E-state index is 11.1. The second-order valence-corrected chi connectivity index (χ2v) is 3.61. The Morgan fingerprint density at radius 3 is 2.31 bits per heavy atom. The van der Waals surface area contributed by atoms with Crippen molar-refractivity contribution in [1.82, 2.24) is 5.32 Å². The molecule has 0 saturated heterocycles. The van der Waals surface area contributed by atoms with E-state index in [1.165, 1.54) is 0 Å². The molecule has 0 rings (SSSR count). The van der Waals surface area contributed by atoms with E-state index in [0.717, 1.165) is 0 Å². The van der Waals surface area contributed by atoms with E-state index in [0.29, 0.717) is 12.3 Å². The van der Waals surface area contributed by atoms with Gasteiger partial charge in [-0.05, 0) is 6.42 Å². The molecule has 0 aromatic rings. The van der Waals surface area contributed by atoms with Gasteiger partial charge >= 0.3 is 11.9 Å². The molecule has 0 aromatic carbocycles. The first kappa shape index (κ1) is 14.7. The Hall–Kier alpha value is -1.30. The number of nitrogens with one attached hydrogen (secondary N) is 1. The third-order valence-corrected chi connectivity index (χ3v) is 2.12. The van der Waals surface area contributed by atoms with Crippen LogP contribution in [0.1, 0.15) is 19.3 Å². The van der Waals surface area contributed by atoms with E-state index >= 15 is 0 Å². The monoisotopic (exact) mass is 251 g/mol. The van der Waals surface area contributed by atoms with Gasteiger partial charge in [-0.3, -0.25) is 14.4 Å². The van der Waals surface area contributed by atoms with Crippen molar-refractivity contribution in [2.45, 2.75) is 19.3 Å². The van der Waals surface area contributed by atoms with Crippen molar-refractivity contribution in [3.8, 4) is 0 Å². The van der Waals surface area contributed by atoms with Gasteiger partial charge in [0.15, 0.2) is 0 Å². The van der Waals surface area contributed by atoms with E-state index < -0.39 is 24.3 Å². The molecule has 1 unspecified atom stereocenters. The smallest absolute Gasteiger partial charge is 0.308 e. The van der Waals surface area contributed by atoms with Gasteiger partial charge in [0.25, 0.3) is 0 Å². The third kappa shape index (κ3) is 7.05. The fourth-order valence-corrected chi connectivity index (χ4v) is 1.14. The van der Waals surface area contributed by atoms with Crippen LogP contribution in [0.5, 0.6) is 0 Å². The minimum absolute atomic E-state index is 0.178. The highest BCUT2D eigenvalue weighted by Gasteiger charge is 2.21. The van der Waals surface area contributed by atoms with Gasteiger partial charge in [0.1, 0.15) is 0 Å². The molecule has 0 aliphatic carbocycles. The molecular weight excluding hydrogens is 238 g/mol. The van der Waals surface area contributed by atoms with Crippen LogP contribution in [0.3, 0.4) is 0 Å². The number of alkyl halides is 1. The molecular formula is C9H14ClNO5. The van der Waals surface area contributed by atoms with Crippen LogP contribution in [0.25, 0.3) is 0 Å². The zero-order valence-corrected chi connectivity index (χ0v) is 9.37. The van der Waals surface area contributed by atoms with Crippen LogP contribution in [0.2, 0.25) is 0 Å². The molecule has 0 fully saturated rings. The van der Waals surface area contributed by atoms with Crippen molar-refractivity contribution in [3.05, 3.63) is 0 Å². The highest BCUT2D eigenvalue weighted by Crippen LogP contribution is 2.02. The van der Waals surface area contributed by atoms with Crippen LogP contribution in [0.4, 0.5) is 0 Å². The lowest BCUT2D eigenvalue weighted by Crippen LogP contribution is -2.34. The summed E-state index contributed by atoms with van der Waals surface area (Å²) >= 11 is 5.38. The minimum atomic E-state index is -1.24. The Kier molecular flexibility index (Phi) is 7.28. The summed E-state index contributed by atoms with van der Waals surface area (Å²) in [7, 11) is 0. The standard InChI is InChI=1S/C9H14ClNO5/c10-3-1-2-7(12)11-5-6(9(15)16)4-8(13)14/h6H,1-5H2,(H,11,12)(H,13,14)(H,15,16). The normalized spacial score (nSPS) is 11.8. The van der Waals surface area contributed by atoms with E-state index in [4.69, 9.17) is 21.8 Å². The van der Waals surface area contributed by atoms with E-state index in [1.54, 1.807) is 0 Å². The maximum absolute atomic E-state index is 11.1. The molecule has 0 radical (unpaired) electrons. The van der Waals surface area contributed by atoms with Gasteiger partial charge in [-0.25, -0.2) is 0 Å². The molecule has 1 atom stereocenters. The number of carboxylic acid groups (broad SMARTS) is 2. The number of carboxylic acids is 2. The Morgan fingerprint density at radius 1 is 1.25 bits per heavy atom. The number of halogens is 1. The SMILES string of the molecule is O=C(O)CC(CNC(=O)CCCCl)C(=O)O. The summed E-state index contributed by atoms with van der Waals surface area (Å²) < 4.78 is 0. The molecule has 0 aliphatic rings. The summed E-state index contributed by atoms with van der Waals surface area (Å²) in [4.78, 5) is 32.1. The Balaban J connectivity index is 3.97. The summed E-state index contributed by atoms with van der Waals surface area (Å²) in [5, 5.41) is 19.5. The minimum Gasteiger partial charge on any atom is -0.481 e. The summed E-state index contributed by atoms with van der Waals surface area (Å²) in [5.41, 5.74) is 0. The van der Waals surface area contributed by atoms with Crippen LogP contribution in [0, 0.1) is 5.92 Å². The number of hydrogen-bond acceptors (Lipinski definition) is 3. The molecule has 3 N–H and O–H groups in total. The summed E-state index contributed by atoms with van der Waals surface area (Å²) in [6, 6.07) is 0. The first-order valence-electron chi connectivity index (χ1n) is 4.74. The van der Waals surface area contributed by atoms with Gasteiger partial charge in [0.05, 0.1) is 12.3 Å². The lowest BCUT2D eigenvalue weighted by Gasteiger charge is -2.10. The van der Waals surface area contributed by atoms with E-state index in [-0.39, 0.29) is 18.9 Å². The predicted molar refractivity (Wildman–Crippen MR) is 56.3 cm³/mol. The third-order valence-electron chi connectivity index (χ3n) is 1.85. The molecule has 16 heavy (non-hydrogen) atoms. The van der Waals surface area contributed by atoms with Gasteiger partial charge in [-0.15, -0.1) is 11.6 Å². The van der Waals surface area contributed by atoms with Crippen LogP contribution < -0.4 is 5.32 Å². The largest absolute Gasteiger partial charge is 0.481 e. The molecule has 0 heterocycles. The van der Waals surface area contributed by atoms with Crippen molar-refractivity contribution in [2.75, 3.05) is 12.4 Å². The predicted octanol–water partition coefficient (Wildman–Crippen LogP) is 0.297. The van der Waals surface area contributed by atoms with Crippen LogP contribution in [-0.2, 0) is 14.4 Å². The molecule has 0 bridgehead atoms. The first-order valence-corrected chi connectivity index (χ1v) is 5.28. The summed E-state index contributed by atoms with van der Waals surface area (Å²) in [6.45, 7) is -0.178. The van der Waals surface area contributed by atoms with Crippen molar-refractivity contribution < 1.29 is 24.6 Å². The van der Waals surface area contributed by atoms with Gasteiger partial charge in [-0.2, -0.15) is 0 Å². The highest BCUT2D eigenvalue weighted by atomic mass is 35.5.